The van der Waals surface area contributed by atoms with E-state index in [2.05, 4.69) is 193 Å². The van der Waals surface area contributed by atoms with E-state index in [9.17, 15) is 0 Å². The number of unbranched alkanes of at least 4 members (excludes halogenated alkanes) is 2. The zero-order chi connectivity index (χ0) is 42.4. The predicted molar refractivity (Wildman–Crippen MR) is 263 cm³/mol. The summed E-state index contributed by atoms with van der Waals surface area (Å²) in [6.07, 6.45) is 7.44. The third kappa shape index (κ3) is 11.4. The first-order chi connectivity index (χ1) is 29.3. The maximum Gasteiger partial charge on any atom is 0.0920 e. The third-order valence-corrected chi connectivity index (χ3v) is 12.7. The molecule has 0 saturated carbocycles. The molecule has 4 heteroatoms. The molecular weight excluding hydrogens is 863 g/mol. The van der Waals surface area contributed by atoms with Gasteiger partial charge in [0.25, 0.3) is 0 Å². The normalized spacial score (nSPS) is 11.3. The van der Waals surface area contributed by atoms with Crippen LogP contribution in [0.1, 0.15) is 101 Å². The molecule has 2 radical (unpaired) electrons. The van der Waals surface area contributed by atoms with Crippen molar-refractivity contribution in [1.29, 1.82) is 0 Å². The molecule has 8 aromatic carbocycles. The van der Waals surface area contributed by atoms with Crippen molar-refractivity contribution < 1.29 is 20.8 Å². The number of fused-ring (bicyclic) bond motifs is 5. The average molecular weight is 920 g/mol. The van der Waals surface area contributed by atoms with Crippen molar-refractivity contribution in [2.45, 2.75) is 91.9 Å². The first-order valence-electron chi connectivity index (χ1n) is 21.7. The Morgan fingerprint density at radius 1 is 0.533 bits per heavy atom. The van der Waals surface area contributed by atoms with Crippen molar-refractivity contribution >= 4 is 58.5 Å². The minimum Gasteiger partial charge on any atom is -0.184 e. The average Bonchev–Trinajstić information content (AvgIpc) is 4.00. The van der Waals surface area contributed by atoms with Crippen LogP contribution in [0.2, 0.25) is 0 Å². The van der Waals surface area contributed by atoms with Crippen LogP contribution in [0, 0.1) is 6.07 Å². The summed E-state index contributed by atoms with van der Waals surface area (Å²) < 4.78 is 0. The molecule has 1 aliphatic rings. The van der Waals surface area contributed by atoms with Gasteiger partial charge in [0.2, 0.25) is 0 Å². The molecule has 8 aromatic rings. The smallest absolute Gasteiger partial charge is 0.0920 e. The van der Waals surface area contributed by atoms with Crippen LogP contribution in [0.25, 0.3) is 54.9 Å². The Hall–Kier alpha value is -3.78. The van der Waals surface area contributed by atoms with Crippen molar-refractivity contribution in [3.8, 4) is 33.4 Å². The third-order valence-electron chi connectivity index (χ3n) is 11.3. The summed E-state index contributed by atoms with van der Waals surface area (Å²) in [4.78, 5) is 0. The van der Waals surface area contributed by atoms with Gasteiger partial charge in [0.15, 0.2) is 0 Å². The molecule has 0 nitrogen and oxygen atoms in total. The molecule has 0 aromatic heterocycles. The largest absolute Gasteiger partial charge is 0.184 e. The van der Waals surface area contributed by atoms with Gasteiger partial charge in [0, 0.05) is 0 Å². The standard InChI is InChI=1S/2C22H25.C12H7Si.2ClH.Zr/c2*1-4-5-9-17-14-18-10-8-13-21(22(18)15-17)20-12-7-6-11-19(20)16(2)3;1-3-7-11-9(5-1)10-6-2-4-8-12(10)13-11;;;/h2*6-8,10-16H,4-5,9H2,1-3H3;1-7H;2*1H;/q3*-1;;;+2/p-2. The Balaban J connectivity index is 0.000000150. The molecule has 0 saturated heterocycles. The molecule has 9 rings (SSSR count). The molecule has 1 aliphatic heterocycles. The van der Waals surface area contributed by atoms with E-state index in [1.54, 1.807) is 0 Å². The van der Waals surface area contributed by atoms with Gasteiger partial charge < -0.3 is 0 Å². The van der Waals surface area contributed by atoms with Crippen LogP contribution < -0.4 is 10.4 Å². The van der Waals surface area contributed by atoms with E-state index in [1.165, 1.54) is 126 Å². The molecular formula is C56H57Cl2SiZr-3. The van der Waals surface area contributed by atoms with Gasteiger partial charge in [0.05, 0.1) is 9.52 Å². The van der Waals surface area contributed by atoms with E-state index in [0.29, 0.717) is 11.8 Å². The summed E-state index contributed by atoms with van der Waals surface area (Å²) in [5.74, 6) is 1.09. The number of rotatable bonds is 10. The molecule has 0 spiro atoms. The van der Waals surface area contributed by atoms with Crippen LogP contribution in [0.5, 0.6) is 0 Å². The van der Waals surface area contributed by atoms with E-state index in [0.717, 1.165) is 9.52 Å². The summed E-state index contributed by atoms with van der Waals surface area (Å²) in [6.45, 7) is 13.6. The van der Waals surface area contributed by atoms with Gasteiger partial charge in [-0.3, -0.25) is 0 Å². The molecule has 0 amide bonds. The van der Waals surface area contributed by atoms with Crippen molar-refractivity contribution in [2.24, 2.45) is 0 Å². The van der Waals surface area contributed by atoms with Crippen LogP contribution in [-0.4, -0.2) is 9.52 Å². The number of benzene rings is 6. The molecule has 0 atom stereocenters. The second-order valence-electron chi connectivity index (χ2n) is 16.2. The van der Waals surface area contributed by atoms with Gasteiger partial charge in [0.1, 0.15) is 0 Å². The van der Waals surface area contributed by atoms with Crippen molar-refractivity contribution in [3.63, 3.8) is 0 Å². The summed E-state index contributed by atoms with van der Waals surface area (Å²) in [5.41, 5.74) is 14.1. The Bertz CT molecular complexity index is 2400. The molecule has 0 bridgehead atoms. The molecule has 1 heterocycles. The van der Waals surface area contributed by atoms with Gasteiger partial charge in [-0.05, 0) is 46.9 Å². The Labute approximate surface area is 381 Å². The number of hydrogen-bond donors (Lipinski definition) is 0. The predicted octanol–water partition coefficient (Wildman–Crippen LogP) is 15.9. The van der Waals surface area contributed by atoms with Gasteiger partial charge in [-0.1, -0.05) is 174 Å². The van der Waals surface area contributed by atoms with E-state index >= 15 is 0 Å². The fraction of sp³-hybridized carbons (Fsp3) is 0.250. The molecule has 0 N–H and O–H groups in total. The first kappa shape index (κ1) is 45.7. The van der Waals surface area contributed by atoms with Gasteiger partial charge in [-0.25, -0.2) is 0 Å². The van der Waals surface area contributed by atoms with Crippen LogP contribution in [0.4, 0.5) is 0 Å². The zero-order valence-corrected chi connectivity index (χ0v) is 41.1. The van der Waals surface area contributed by atoms with Crippen LogP contribution in [-0.2, 0) is 33.7 Å². The van der Waals surface area contributed by atoms with Crippen LogP contribution in [0.15, 0.2) is 152 Å². The Kier molecular flexibility index (Phi) is 17.4. The minimum atomic E-state index is -0.826. The minimum absolute atomic E-state index is 0.543. The van der Waals surface area contributed by atoms with E-state index in [-0.39, 0.29) is 0 Å². The number of hydrogen-bond acceptors (Lipinski definition) is 0. The molecule has 306 valence electrons. The Morgan fingerprint density at radius 3 is 1.45 bits per heavy atom. The second kappa shape index (κ2) is 22.9. The summed E-state index contributed by atoms with van der Waals surface area (Å²) in [7, 11) is 10.7. The van der Waals surface area contributed by atoms with E-state index in [4.69, 9.17) is 17.0 Å². The molecule has 0 aliphatic carbocycles. The zero-order valence-electron chi connectivity index (χ0n) is 36.1. The number of aryl methyl sites for hydroxylation is 2. The maximum absolute atomic E-state index is 4.93. The first-order valence-corrected chi connectivity index (χ1v) is 29.0. The van der Waals surface area contributed by atoms with Crippen molar-refractivity contribution in [2.75, 3.05) is 0 Å². The van der Waals surface area contributed by atoms with E-state index in [1.807, 2.05) is 6.07 Å². The maximum atomic E-state index is 4.93. The quantitative estimate of drug-likeness (QED) is 0.0947. The SMILES string of the molecule is CCCCc1cc2c(-c3ccccc3C(C)C)cccc2[cH-]1.CCCCc1cc2c(-c3ccccc3C(C)C)cccc2[cH-]1.[Cl][Zr][Cl].[c-]1cccc2c1[Si]c1ccccc1-2. The summed E-state index contributed by atoms with van der Waals surface area (Å²) >= 11 is -0.826. The molecule has 60 heavy (non-hydrogen) atoms. The topological polar surface area (TPSA) is 0 Å². The van der Waals surface area contributed by atoms with Crippen molar-refractivity contribution in [3.05, 3.63) is 180 Å². The second-order valence-corrected chi connectivity index (χ2v) is 21.3. The Morgan fingerprint density at radius 2 is 0.967 bits per heavy atom. The van der Waals surface area contributed by atoms with Crippen LogP contribution >= 0.6 is 17.0 Å². The summed E-state index contributed by atoms with van der Waals surface area (Å²) in [5, 5.41) is 8.39. The summed E-state index contributed by atoms with van der Waals surface area (Å²) in [6, 6.07) is 58.8. The van der Waals surface area contributed by atoms with Crippen LogP contribution in [0.3, 0.4) is 0 Å². The molecule has 0 unspecified atom stereocenters. The van der Waals surface area contributed by atoms with Gasteiger partial charge >= 0.3 is 37.9 Å². The van der Waals surface area contributed by atoms with Gasteiger partial charge in [-0.2, -0.15) is 41.6 Å². The van der Waals surface area contributed by atoms with Gasteiger partial charge in [-0.15, -0.1) is 74.6 Å². The molecule has 0 fully saturated rings. The van der Waals surface area contributed by atoms with E-state index < -0.39 is 20.8 Å². The monoisotopic (exact) mass is 917 g/mol. The van der Waals surface area contributed by atoms with Crippen molar-refractivity contribution in [1.82, 2.24) is 0 Å². The number of halogens is 2. The fourth-order valence-corrected chi connectivity index (χ4v) is 9.64. The fourth-order valence-electron chi connectivity index (χ4n) is 8.33.